The maximum atomic E-state index is 5.96. The largest absolute Gasteiger partial charge is 0.468 e. The first-order valence-electron chi connectivity index (χ1n) is 9.81. The number of fused-ring (bicyclic) bond motifs is 2. The zero-order valence-electron chi connectivity index (χ0n) is 15.5. The Hall–Kier alpha value is -0.800. The smallest absolute Gasteiger partial charge is 0.191 e. The Kier molecular flexibility index (Phi) is 7.22. The van der Waals surface area contributed by atoms with Gasteiger partial charge in [0.1, 0.15) is 5.76 Å². The van der Waals surface area contributed by atoms with Crippen LogP contribution < -0.4 is 10.6 Å². The fraction of sp³-hybridized carbons (Fsp3) is 0.737. The second-order valence-corrected chi connectivity index (χ2v) is 7.35. The number of nitrogens with one attached hydrogen (secondary N) is 2. The Morgan fingerprint density at radius 3 is 2.81 bits per heavy atom. The van der Waals surface area contributed by atoms with Crippen LogP contribution in [0.5, 0.6) is 0 Å². The first kappa shape index (κ1) is 19.9. The summed E-state index contributed by atoms with van der Waals surface area (Å²) in [4.78, 5) is 7.39. The number of likely N-dealkylation sites (tertiary alicyclic amines) is 1. The summed E-state index contributed by atoms with van der Waals surface area (Å²) < 4.78 is 11.7. The lowest BCUT2D eigenvalue weighted by Gasteiger charge is -2.26. The third kappa shape index (κ3) is 4.54. The molecule has 1 aromatic rings. The highest BCUT2D eigenvalue weighted by atomic mass is 127. The van der Waals surface area contributed by atoms with Gasteiger partial charge in [-0.2, -0.15) is 0 Å². The van der Waals surface area contributed by atoms with Crippen molar-refractivity contribution < 1.29 is 9.15 Å². The Balaban J connectivity index is 0.00000196. The fourth-order valence-electron chi connectivity index (χ4n) is 4.38. The summed E-state index contributed by atoms with van der Waals surface area (Å²) in [6.45, 7) is 5.95. The molecular formula is C19H31IN4O2. The number of furan rings is 1. The number of guanidine groups is 1. The van der Waals surface area contributed by atoms with Crippen LogP contribution in [0, 0.1) is 0 Å². The molecule has 4 atom stereocenters. The van der Waals surface area contributed by atoms with E-state index in [1.165, 1.54) is 25.7 Å². The van der Waals surface area contributed by atoms with Crippen LogP contribution in [0.25, 0.3) is 0 Å². The Morgan fingerprint density at radius 1 is 1.35 bits per heavy atom. The first-order valence-corrected chi connectivity index (χ1v) is 9.81. The molecule has 0 amide bonds. The van der Waals surface area contributed by atoms with Gasteiger partial charge in [-0.25, -0.2) is 0 Å². The Bertz CT molecular complexity index is 574. The van der Waals surface area contributed by atoms with Gasteiger partial charge in [-0.3, -0.25) is 9.89 Å². The molecule has 2 bridgehead atoms. The van der Waals surface area contributed by atoms with Gasteiger partial charge in [-0.1, -0.05) is 0 Å². The molecule has 146 valence electrons. The number of ether oxygens (including phenoxy) is 1. The molecule has 1 aromatic heterocycles. The molecule has 3 saturated heterocycles. The average Bonchev–Trinajstić information content (AvgIpc) is 3.40. The van der Waals surface area contributed by atoms with Crippen molar-refractivity contribution in [3.8, 4) is 0 Å². The summed E-state index contributed by atoms with van der Waals surface area (Å²) in [7, 11) is 0. The van der Waals surface area contributed by atoms with Crippen molar-refractivity contribution in [1.82, 2.24) is 15.5 Å². The second-order valence-electron chi connectivity index (χ2n) is 7.35. The summed E-state index contributed by atoms with van der Waals surface area (Å²) in [6.07, 6.45) is 8.58. The molecule has 0 saturated carbocycles. The third-order valence-electron chi connectivity index (χ3n) is 5.65. The van der Waals surface area contributed by atoms with Gasteiger partial charge in [0.25, 0.3) is 0 Å². The molecule has 2 N–H and O–H groups in total. The van der Waals surface area contributed by atoms with E-state index in [0.29, 0.717) is 24.8 Å². The van der Waals surface area contributed by atoms with Crippen molar-refractivity contribution in [3.05, 3.63) is 24.2 Å². The van der Waals surface area contributed by atoms with Gasteiger partial charge in [0.05, 0.1) is 37.1 Å². The van der Waals surface area contributed by atoms with Crippen molar-refractivity contribution in [2.24, 2.45) is 4.99 Å². The standard InChI is InChI=1S/C19H30N4O2.HI/c1-2-20-19(22-15-12-14-7-8-17(15)25-14)21-13-16(18-6-5-11-24-18)23-9-3-4-10-23;/h5-6,11,14-17H,2-4,7-10,12-13H2,1H3,(H2,20,21,22);1H. The van der Waals surface area contributed by atoms with Crippen LogP contribution in [0.3, 0.4) is 0 Å². The van der Waals surface area contributed by atoms with Crippen LogP contribution in [0.1, 0.15) is 50.8 Å². The lowest BCUT2D eigenvalue weighted by molar-refractivity contribution is 0.0992. The summed E-state index contributed by atoms with van der Waals surface area (Å²) in [6, 6.07) is 4.66. The van der Waals surface area contributed by atoms with Gasteiger partial charge < -0.3 is 19.8 Å². The van der Waals surface area contributed by atoms with Crippen molar-refractivity contribution in [2.45, 2.75) is 63.3 Å². The minimum Gasteiger partial charge on any atom is -0.468 e. The number of nitrogens with zero attached hydrogens (tertiary/aromatic N) is 2. The molecule has 4 heterocycles. The lowest BCUT2D eigenvalue weighted by Crippen LogP contribution is -2.47. The maximum absolute atomic E-state index is 5.96. The van der Waals surface area contributed by atoms with E-state index in [2.05, 4.69) is 28.5 Å². The molecule has 4 rings (SSSR count). The van der Waals surface area contributed by atoms with Gasteiger partial charge in [0.15, 0.2) is 5.96 Å². The van der Waals surface area contributed by atoms with Crippen molar-refractivity contribution in [1.29, 1.82) is 0 Å². The molecule has 4 unspecified atom stereocenters. The molecule has 3 aliphatic heterocycles. The molecule has 3 aliphatic rings. The number of hydrogen-bond acceptors (Lipinski definition) is 4. The monoisotopic (exact) mass is 474 g/mol. The predicted octanol–water partition coefficient (Wildman–Crippen LogP) is 2.91. The zero-order valence-corrected chi connectivity index (χ0v) is 17.9. The molecule has 7 heteroatoms. The molecule has 0 radical (unpaired) electrons. The van der Waals surface area contributed by atoms with Gasteiger partial charge in [0.2, 0.25) is 0 Å². The van der Waals surface area contributed by atoms with Crippen molar-refractivity contribution >= 4 is 29.9 Å². The Labute approximate surface area is 173 Å². The van der Waals surface area contributed by atoms with Gasteiger partial charge in [-0.05, 0) is 64.3 Å². The average molecular weight is 474 g/mol. The topological polar surface area (TPSA) is 62.0 Å². The third-order valence-corrected chi connectivity index (χ3v) is 5.65. The van der Waals surface area contributed by atoms with E-state index in [-0.39, 0.29) is 30.0 Å². The molecule has 0 aliphatic carbocycles. The van der Waals surface area contributed by atoms with E-state index >= 15 is 0 Å². The lowest BCUT2D eigenvalue weighted by atomic mass is 9.96. The normalized spacial score (nSPS) is 29.6. The quantitative estimate of drug-likeness (QED) is 0.377. The van der Waals surface area contributed by atoms with Crippen molar-refractivity contribution in [2.75, 3.05) is 26.2 Å². The van der Waals surface area contributed by atoms with Gasteiger partial charge >= 0.3 is 0 Å². The highest BCUT2D eigenvalue weighted by Crippen LogP contribution is 2.34. The van der Waals surface area contributed by atoms with Crippen molar-refractivity contribution in [3.63, 3.8) is 0 Å². The summed E-state index contributed by atoms with van der Waals surface area (Å²) in [5.74, 6) is 1.92. The number of hydrogen-bond donors (Lipinski definition) is 2. The summed E-state index contributed by atoms with van der Waals surface area (Å²) >= 11 is 0. The van der Waals surface area contributed by atoms with Crippen LogP contribution in [-0.2, 0) is 4.74 Å². The second kappa shape index (κ2) is 9.41. The van der Waals surface area contributed by atoms with Crippen LogP contribution in [-0.4, -0.2) is 55.3 Å². The summed E-state index contributed by atoms with van der Waals surface area (Å²) in [5.41, 5.74) is 0. The highest BCUT2D eigenvalue weighted by Gasteiger charge is 2.41. The number of halogens is 1. The number of rotatable bonds is 6. The molecule has 0 aromatic carbocycles. The minimum atomic E-state index is 0. The molecular weight excluding hydrogens is 443 g/mol. The summed E-state index contributed by atoms with van der Waals surface area (Å²) in [5, 5.41) is 7.00. The first-order chi connectivity index (χ1) is 12.3. The van der Waals surface area contributed by atoms with Crippen LogP contribution >= 0.6 is 24.0 Å². The molecule has 0 spiro atoms. The van der Waals surface area contributed by atoms with Gasteiger partial charge in [-0.15, -0.1) is 24.0 Å². The van der Waals surface area contributed by atoms with E-state index in [0.717, 1.165) is 37.8 Å². The molecule has 6 nitrogen and oxygen atoms in total. The van der Waals surface area contributed by atoms with Crippen LogP contribution in [0.15, 0.2) is 27.8 Å². The van der Waals surface area contributed by atoms with E-state index in [4.69, 9.17) is 14.1 Å². The predicted molar refractivity (Wildman–Crippen MR) is 113 cm³/mol. The van der Waals surface area contributed by atoms with Crippen LogP contribution in [0.2, 0.25) is 0 Å². The highest BCUT2D eigenvalue weighted by molar-refractivity contribution is 14.0. The SMILES string of the molecule is CCNC(=NCC(c1ccco1)N1CCCC1)NC1CC2CCC1O2.I. The fourth-order valence-corrected chi connectivity index (χ4v) is 4.38. The van der Waals surface area contributed by atoms with E-state index in [1.807, 2.05) is 6.07 Å². The van der Waals surface area contributed by atoms with Gasteiger partial charge in [0, 0.05) is 6.54 Å². The van der Waals surface area contributed by atoms with E-state index in [1.54, 1.807) is 6.26 Å². The number of aliphatic imine (C=N–C) groups is 1. The minimum absolute atomic E-state index is 0. The molecule has 26 heavy (non-hydrogen) atoms. The zero-order chi connectivity index (χ0) is 17.1. The Morgan fingerprint density at radius 2 is 2.19 bits per heavy atom. The van der Waals surface area contributed by atoms with E-state index in [9.17, 15) is 0 Å². The van der Waals surface area contributed by atoms with E-state index < -0.39 is 0 Å². The van der Waals surface area contributed by atoms with Crippen LogP contribution in [0.4, 0.5) is 0 Å². The molecule has 3 fully saturated rings. The maximum Gasteiger partial charge on any atom is 0.191 e.